The van der Waals surface area contributed by atoms with E-state index in [2.05, 4.69) is 15.1 Å². The van der Waals surface area contributed by atoms with Crippen LogP contribution in [0.2, 0.25) is 0 Å². The number of amides is 1. The molecule has 0 unspecified atom stereocenters. The maximum Gasteiger partial charge on any atom is 0.416 e. The molecule has 0 radical (unpaired) electrons. The lowest BCUT2D eigenvalue weighted by Crippen LogP contribution is -2.65. The Balaban J connectivity index is 1.19. The maximum atomic E-state index is 15.8. The van der Waals surface area contributed by atoms with E-state index >= 15 is 4.39 Å². The van der Waals surface area contributed by atoms with Crippen molar-refractivity contribution < 1.29 is 31.8 Å². The highest BCUT2D eigenvalue weighted by atomic mass is 19.4. The molecule has 3 fully saturated rings. The third-order valence-electron chi connectivity index (χ3n) is 8.66. The van der Waals surface area contributed by atoms with Crippen molar-refractivity contribution in [1.29, 1.82) is 0 Å². The van der Waals surface area contributed by atoms with Gasteiger partial charge in [-0.25, -0.2) is 4.39 Å². The summed E-state index contributed by atoms with van der Waals surface area (Å²) in [6.45, 7) is 3.23. The molecule has 3 aromatic rings. The van der Waals surface area contributed by atoms with E-state index < -0.39 is 29.2 Å². The number of alkyl halides is 4. The molecule has 1 spiro atoms. The third kappa shape index (κ3) is 3.87. The van der Waals surface area contributed by atoms with Crippen molar-refractivity contribution in [1.82, 2.24) is 19.7 Å². The normalized spacial score (nSPS) is 22.0. The first-order valence-corrected chi connectivity index (χ1v) is 13.1. The first kappa shape index (κ1) is 25.6. The fourth-order valence-electron chi connectivity index (χ4n) is 6.40. The number of carbonyl (C=O) groups is 1. The van der Waals surface area contributed by atoms with E-state index in [1.807, 2.05) is 0 Å². The molecule has 8 nitrogen and oxygen atoms in total. The fourth-order valence-corrected chi connectivity index (χ4v) is 6.40. The number of rotatable bonds is 6. The summed E-state index contributed by atoms with van der Waals surface area (Å²) in [5.41, 5.74) is -0.237. The predicted octanol–water partition coefficient (Wildman–Crippen LogP) is 3.81. The Morgan fingerprint density at radius 3 is 2.42 bits per heavy atom. The van der Waals surface area contributed by atoms with Gasteiger partial charge in [0.2, 0.25) is 0 Å². The molecule has 2 aromatic carbocycles. The minimum atomic E-state index is -4.61. The van der Waals surface area contributed by atoms with E-state index in [1.54, 1.807) is 37.4 Å². The van der Waals surface area contributed by atoms with Crippen molar-refractivity contribution >= 4 is 11.6 Å². The van der Waals surface area contributed by atoms with Crippen LogP contribution in [-0.2, 0) is 41.2 Å². The number of hydrogen-bond acceptors (Lipinski definition) is 6. The highest BCUT2D eigenvalue weighted by molar-refractivity contribution is 6.10. The van der Waals surface area contributed by atoms with E-state index in [1.165, 1.54) is 21.9 Å². The Labute approximate surface area is 227 Å². The van der Waals surface area contributed by atoms with Crippen molar-refractivity contribution in [2.24, 2.45) is 12.5 Å². The van der Waals surface area contributed by atoms with Gasteiger partial charge in [-0.15, -0.1) is 10.2 Å². The Morgan fingerprint density at radius 1 is 1.07 bits per heavy atom. The summed E-state index contributed by atoms with van der Waals surface area (Å²) >= 11 is 0. The highest BCUT2D eigenvalue weighted by Gasteiger charge is 2.51. The molecule has 12 heteroatoms. The van der Waals surface area contributed by atoms with Crippen molar-refractivity contribution in [2.75, 3.05) is 44.4 Å². The number of hydrogen-bond donors (Lipinski definition) is 0. The van der Waals surface area contributed by atoms with Crippen LogP contribution in [0.25, 0.3) is 0 Å². The molecule has 5 heterocycles. The number of aryl methyl sites for hydroxylation is 1. The van der Waals surface area contributed by atoms with Gasteiger partial charge in [-0.05, 0) is 41.0 Å². The lowest BCUT2D eigenvalue weighted by atomic mass is 9.74. The van der Waals surface area contributed by atoms with Crippen LogP contribution in [0, 0.1) is 5.41 Å². The topological polar surface area (TPSA) is 72.7 Å². The minimum Gasteiger partial charge on any atom is -0.380 e. The third-order valence-corrected chi connectivity index (χ3v) is 8.66. The van der Waals surface area contributed by atoms with E-state index in [0.29, 0.717) is 36.6 Å². The van der Waals surface area contributed by atoms with Crippen molar-refractivity contribution in [2.45, 2.75) is 30.9 Å². The van der Waals surface area contributed by atoms with Crippen LogP contribution in [0.1, 0.15) is 44.6 Å². The Morgan fingerprint density at radius 2 is 1.82 bits per heavy atom. The number of halogens is 4. The van der Waals surface area contributed by atoms with Gasteiger partial charge in [-0.1, -0.05) is 12.1 Å². The van der Waals surface area contributed by atoms with Crippen molar-refractivity contribution in [3.8, 4) is 0 Å². The van der Waals surface area contributed by atoms with Crippen LogP contribution in [0.3, 0.4) is 0 Å². The number of anilines is 1. The molecule has 4 aliphatic heterocycles. The minimum absolute atomic E-state index is 0.0386. The molecule has 4 aliphatic rings. The summed E-state index contributed by atoms with van der Waals surface area (Å²) in [6, 6.07) is 9.52. The van der Waals surface area contributed by atoms with E-state index in [9.17, 15) is 18.0 Å². The summed E-state index contributed by atoms with van der Waals surface area (Å²) in [5.74, 6) is -0.352. The zero-order chi connectivity index (χ0) is 27.9. The summed E-state index contributed by atoms with van der Waals surface area (Å²) in [5, 5.41) is 7.69. The number of aromatic nitrogens is 3. The molecule has 210 valence electrons. The molecule has 1 amide bonds. The average Bonchev–Trinajstić information content (AvgIpc) is 3.41. The summed E-state index contributed by atoms with van der Waals surface area (Å²) in [6.07, 6.45) is -4.72. The molecule has 0 bridgehead atoms. The first-order valence-electron chi connectivity index (χ1n) is 13.1. The molecule has 0 N–H and O–H groups in total. The number of nitrogens with zero attached hydrogens (tertiary/aromatic N) is 5. The van der Waals surface area contributed by atoms with Crippen molar-refractivity contribution in [3.05, 3.63) is 76.4 Å². The van der Waals surface area contributed by atoms with Gasteiger partial charge in [-0.2, -0.15) is 13.2 Å². The molecule has 0 saturated carbocycles. The van der Waals surface area contributed by atoms with Crippen LogP contribution in [-0.4, -0.2) is 65.1 Å². The highest BCUT2D eigenvalue weighted by Crippen LogP contribution is 2.47. The SMILES string of the molecule is Cn1cnnc1[C@H](F)C1(c2cccc(N3Cc4c(cc(CN5CC6(COC6)C5)cc4C(F)(F)F)C3=O)c2)COC1. The Bertz CT molecular complexity index is 1490. The van der Waals surface area contributed by atoms with Gasteiger partial charge in [0.1, 0.15) is 6.33 Å². The summed E-state index contributed by atoms with van der Waals surface area (Å²) in [7, 11) is 1.65. The van der Waals surface area contributed by atoms with Crippen molar-refractivity contribution in [3.63, 3.8) is 0 Å². The monoisotopic (exact) mass is 557 g/mol. The molecule has 7 rings (SSSR count). The standard InChI is InChI=1S/C28H27F4N5O3/c1-35-16-33-34-24(35)23(29)27(14-40-15-27)18-3-2-4-19(7-18)37-9-21-20(25(37)38)5-17(6-22(21)28(30,31)32)8-36-10-26(11-36)12-39-13-26/h2-7,16,23H,8-15H2,1H3/t23-/m0/s1. The predicted molar refractivity (Wildman–Crippen MR) is 134 cm³/mol. The second-order valence-electron chi connectivity index (χ2n) is 11.6. The van der Waals surface area contributed by atoms with E-state index in [4.69, 9.17) is 9.47 Å². The summed E-state index contributed by atoms with van der Waals surface area (Å²) < 4.78 is 70.6. The Hall–Kier alpha value is -3.35. The average molecular weight is 558 g/mol. The molecule has 0 aliphatic carbocycles. The number of likely N-dealkylation sites (tertiary alicyclic amines) is 1. The first-order chi connectivity index (χ1) is 19.1. The van der Waals surface area contributed by atoms with Gasteiger partial charge >= 0.3 is 6.18 Å². The second-order valence-corrected chi connectivity index (χ2v) is 11.6. The number of fused-ring (bicyclic) bond motifs is 1. The molecule has 3 saturated heterocycles. The van der Waals surface area contributed by atoms with Gasteiger partial charge in [0, 0.05) is 43.3 Å². The van der Waals surface area contributed by atoms with E-state index in [-0.39, 0.29) is 42.1 Å². The van der Waals surface area contributed by atoms with Gasteiger partial charge in [0.15, 0.2) is 12.0 Å². The molecule has 1 atom stereocenters. The van der Waals surface area contributed by atoms with Crippen LogP contribution < -0.4 is 4.90 Å². The van der Waals surface area contributed by atoms with Crippen LogP contribution in [0.15, 0.2) is 42.7 Å². The second kappa shape index (κ2) is 8.82. The van der Waals surface area contributed by atoms with Gasteiger partial charge in [0.05, 0.1) is 44.0 Å². The van der Waals surface area contributed by atoms with Crippen LogP contribution >= 0.6 is 0 Å². The lowest BCUT2D eigenvalue weighted by molar-refractivity contribution is -0.191. The van der Waals surface area contributed by atoms with Crippen LogP contribution in [0.5, 0.6) is 0 Å². The molecule has 1 aromatic heterocycles. The van der Waals surface area contributed by atoms with Gasteiger partial charge < -0.3 is 18.9 Å². The Kier molecular flexibility index (Phi) is 5.65. The number of carbonyl (C=O) groups excluding carboxylic acids is 1. The van der Waals surface area contributed by atoms with Crippen LogP contribution in [0.4, 0.5) is 23.2 Å². The van der Waals surface area contributed by atoms with Gasteiger partial charge in [-0.3, -0.25) is 9.69 Å². The summed E-state index contributed by atoms with van der Waals surface area (Å²) in [4.78, 5) is 17.0. The molecular weight excluding hydrogens is 530 g/mol. The molecular formula is C28H27F4N5O3. The quantitative estimate of drug-likeness (QED) is 0.430. The molecule has 40 heavy (non-hydrogen) atoms. The fraction of sp³-hybridized carbons (Fsp3) is 0.464. The smallest absolute Gasteiger partial charge is 0.380 e. The maximum absolute atomic E-state index is 15.8. The van der Waals surface area contributed by atoms with Gasteiger partial charge in [0.25, 0.3) is 5.91 Å². The largest absolute Gasteiger partial charge is 0.416 e. The lowest BCUT2D eigenvalue weighted by Gasteiger charge is -2.55. The number of benzene rings is 2. The number of ether oxygens (including phenoxy) is 2. The van der Waals surface area contributed by atoms with E-state index in [0.717, 1.165) is 13.1 Å². The zero-order valence-corrected chi connectivity index (χ0v) is 21.7. The zero-order valence-electron chi connectivity index (χ0n) is 21.7.